The average molecular weight is 227 g/mol. The normalized spacial score (nSPS) is 15.9. The standard InChI is InChI=1S/C9H16F3NO2/c1-3-4-5-15-8(14)6(2)7(13)9(10,11)12/h6-7H,3-5,13H2,1-2H3/t6-,7-/m1/s1. The molecule has 0 bridgehead atoms. The van der Waals surface area contributed by atoms with Crippen molar-refractivity contribution in [3.05, 3.63) is 0 Å². The molecule has 0 aromatic heterocycles. The van der Waals surface area contributed by atoms with Crippen molar-refractivity contribution in [2.45, 2.75) is 38.9 Å². The van der Waals surface area contributed by atoms with Gasteiger partial charge in [-0.1, -0.05) is 20.3 Å². The Hall–Kier alpha value is -0.780. The molecule has 0 heterocycles. The number of hydrogen-bond donors (Lipinski definition) is 1. The van der Waals surface area contributed by atoms with Crippen molar-refractivity contribution >= 4 is 5.97 Å². The number of carbonyl (C=O) groups is 1. The first-order valence-electron chi connectivity index (χ1n) is 4.79. The molecule has 15 heavy (non-hydrogen) atoms. The van der Waals surface area contributed by atoms with E-state index in [-0.39, 0.29) is 6.61 Å². The van der Waals surface area contributed by atoms with Crippen LogP contribution in [0.2, 0.25) is 0 Å². The summed E-state index contributed by atoms with van der Waals surface area (Å²) in [5, 5.41) is 0. The number of hydrogen-bond acceptors (Lipinski definition) is 3. The molecule has 0 rings (SSSR count). The lowest BCUT2D eigenvalue weighted by Gasteiger charge is -2.20. The van der Waals surface area contributed by atoms with Crippen LogP contribution >= 0.6 is 0 Å². The Balaban J connectivity index is 4.08. The van der Waals surface area contributed by atoms with E-state index in [0.717, 1.165) is 13.3 Å². The van der Waals surface area contributed by atoms with Crippen LogP contribution in [0.1, 0.15) is 26.7 Å². The third-order valence-electron chi connectivity index (χ3n) is 2.03. The quantitative estimate of drug-likeness (QED) is 0.576. The molecule has 0 aromatic rings. The highest BCUT2D eigenvalue weighted by Crippen LogP contribution is 2.24. The van der Waals surface area contributed by atoms with Crippen molar-refractivity contribution < 1.29 is 22.7 Å². The van der Waals surface area contributed by atoms with Crippen LogP contribution in [0.3, 0.4) is 0 Å². The van der Waals surface area contributed by atoms with Crippen molar-refractivity contribution in [3.63, 3.8) is 0 Å². The molecule has 2 atom stereocenters. The van der Waals surface area contributed by atoms with E-state index in [1.165, 1.54) is 0 Å². The number of alkyl halides is 3. The fraction of sp³-hybridized carbons (Fsp3) is 0.889. The summed E-state index contributed by atoms with van der Waals surface area (Å²) in [7, 11) is 0. The van der Waals surface area contributed by atoms with Crippen LogP contribution in [0.15, 0.2) is 0 Å². The molecule has 0 aromatic carbocycles. The molecule has 0 aliphatic rings. The molecule has 3 nitrogen and oxygen atoms in total. The van der Waals surface area contributed by atoms with Gasteiger partial charge in [0.05, 0.1) is 12.5 Å². The lowest BCUT2D eigenvalue weighted by atomic mass is 10.0. The third kappa shape index (κ3) is 5.01. The van der Waals surface area contributed by atoms with Crippen LogP contribution in [0.4, 0.5) is 13.2 Å². The molecule has 0 spiro atoms. The molecule has 0 amide bonds. The van der Waals surface area contributed by atoms with Crippen LogP contribution < -0.4 is 5.73 Å². The summed E-state index contributed by atoms with van der Waals surface area (Å²) in [5.41, 5.74) is 4.87. The molecule has 0 aliphatic carbocycles. The Kier molecular flexibility index (Phi) is 5.64. The lowest BCUT2D eigenvalue weighted by Crippen LogP contribution is -2.46. The largest absolute Gasteiger partial charge is 0.465 e. The molecular weight excluding hydrogens is 211 g/mol. The number of halogens is 3. The first-order valence-corrected chi connectivity index (χ1v) is 4.79. The van der Waals surface area contributed by atoms with Crippen LogP contribution in [-0.2, 0) is 9.53 Å². The van der Waals surface area contributed by atoms with Gasteiger partial charge in [0.25, 0.3) is 0 Å². The lowest BCUT2D eigenvalue weighted by molar-refractivity contribution is -0.174. The SMILES string of the molecule is CCCCOC(=O)[C@H](C)[C@@H](N)C(F)(F)F. The second kappa shape index (κ2) is 5.95. The second-order valence-electron chi connectivity index (χ2n) is 3.38. The van der Waals surface area contributed by atoms with E-state index in [2.05, 4.69) is 4.74 Å². The maximum Gasteiger partial charge on any atom is 0.404 e. The van der Waals surface area contributed by atoms with Crippen molar-refractivity contribution in [1.82, 2.24) is 0 Å². The minimum atomic E-state index is -4.57. The summed E-state index contributed by atoms with van der Waals surface area (Å²) in [6.45, 7) is 3.15. The fourth-order valence-corrected chi connectivity index (χ4v) is 0.879. The van der Waals surface area contributed by atoms with Gasteiger partial charge in [-0.2, -0.15) is 13.2 Å². The maximum absolute atomic E-state index is 12.1. The van der Waals surface area contributed by atoms with Crippen molar-refractivity contribution in [1.29, 1.82) is 0 Å². The van der Waals surface area contributed by atoms with Gasteiger partial charge < -0.3 is 10.5 Å². The van der Waals surface area contributed by atoms with Gasteiger partial charge in [0.1, 0.15) is 6.04 Å². The van der Waals surface area contributed by atoms with Gasteiger partial charge in [-0.15, -0.1) is 0 Å². The zero-order chi connectivity index (χ0) is 12.1. The van der Waals surface area contributed by atoms with Gasteiger partial charge in [0, 0.05) is 0 Å². The molecule has 2 N–H and O–H groups in total. The average Bonchev–Trinajstić information content (AvgIpc) is 2.14. The summed E-state index contributed by atoms with van der Waals surface area (Å²) < 4.78 is 41.0. The number of nitrogens with two attached hydrogens (primary N) is 1. The molecule has 90 valence electrons. The van der Waals surface area contributed by atoms with E-state index in [0.29, 0.717) is 6.42 Å². The first-order chi connectivity index (χ1) is 6.80. The summed E-state index contributed by atoms with van der Waals surface area (Å²) in [5.74, 6) is -2.25. The predicted molar refractivity (Wildman–Crippen MR) is 49.1 cm³/mol. The van der Waals surface area contributed by atoms with Gasteiger partial charge in [-0.25, -0.2) is 0 Å². The minimum Gasteiger partial charge on any atom is -0.465 e. The maximum atomic E-state index is 12.1. The first kappa shape index (κ1) is 14.2. The third-order valence-corrected chi connectivity index (χ3v) is 2.03. The van der Waals surface area contributed by atoms with Gasteiger partial charge >= 0.3 is 12.1 Å². The summed E-state index contributed by atoms with van der Waals surface area (Å²) in [4.78, 5) is 11.1. The number of esters is 1. The van der Waals surface area contributed by atoms with Gasteiger partial charge in [-0.3, -0.25) is 4.79 Å². The molecule has 0 radical (unpaired) electrons. The number of rotatable bonds is 5. The summed E-state index contributed by atoms with van der Waals surface area (Å²) in [6.07, 6.45) is -3.12. The van der Waals surface area contributed by atoms with E-state index in [4.69, 9.17) is 5.73 Å². The van der Waals surface area contributed by atoms with Crippen LogP contribution in [-0.4, -0.2) is 24.8 Å². The zero-order valence-electron chi connectivity index (χ0n) is 8.80. The van der Waals surface area contributed by atoms with Crippen LogP contribution in [0, 0.1) is 5.92 Å². The van der Waals surface area contributed by atoms with E-state index in [1.807, 2.05) is 6.92 Å². The molecule has 0 fully saturated rings. The molecule has 0 unspecified atom stereocenters. The topological polar surface area (TPSA) is 52.3 Å². The highest BCUT2D eigenvalue weighted by Gasteiger charge is 2.43. The summed E-state index contributed by atoms with van der Waals surface area (Å²) >= 11 is 0. The molecule has 0 saturated carbocycles. The Labute approximate surface area is 86.8 Å². The highest BCUT2D eigenvalue weighted by molar-refractivity contribution is 5.72. The van der Waals surface area contributed by atoms with Crippen molar-refractivity contribution in [3.8, 4) is 0 Å². The molecule has 0 aliphatic heterocycles. The van der Waals surface area contributed by atoms with Gasteiger partial charge in [-0.05, 0) is 6.42 Å². The Morgan fingerprint density at radius 3 is 2.40 bits per heavy atom. The Morgan fingerprint density at radius 2 is 2.00 bits per heavy atom. The number of ether oxygens (including phenoxy) is 1. The summed E-state index contributed by atoms with van der Waals surface area (Å²) in [6, 6.07) is -2.16. The van der Waals surface area contributed by atoms with Crippen LogP contribution in [0.25, 0.3) is 0 Å². The zero-order valence-corrected chi connectivity index (χ0v) is 8.80. The molecular formula is C9H16F3NO2. The Morgan fingerprint density at radius 1 is 1.47 bits per heavy atom. The second-order valence-corrected chi connectivity index (χ2v) is 3.38. The molecule has 0 saturated heterocycles. The minimum absolute atomic E-state index is 0.143. The van der Waals surface area contributed by atoms with Gasteiger partial charge in [0.2, 0.25) is 0 Å². The van der Waals surface area contributed by atoms with E-state index < -0.39 is 24.1 Å². The van der Waals surface area contributed by atoms with E-state index in [9.17, 15) is 18.0 Å². The predicted octanol–water partition coefficient (Wildman–Crippen LogP) is 1.86. The number of carbonyl (C=O) groups excluding carboxylic acids is 1. The molecule has 6 heteroatoms. The highest BCUT2D eigenvalue weighted by atomic mass is 19.4. The van der Waals surface area contributed by atoms with Crippen LogP contribution in [0.5, 0.6) is 0 Å². The van der Waals surface area contributed by atoms with E-state index >= 15 is 0 Å². The monoisotopic (exact) mass is 227 g/mol. The fourth-order valence-electron chi connectivity index (χ4n) is 0.879. The smallest absolute Gasteiger partial charge is 0.404 e. The Bertz CT molecular complexity index is 206. The van der Waals surface area contributed by atoms with Crippen molar-refractivity contribution in [2.75, 3.05) is 6.61 Å². The number of unbranched alkanes of at least 4 members (excludes halogenated alkanes) is 1. The van der Waals surface area contributed by atoms with E-state index in [1.54, 1.807) is 0 Å². The van der Waals surface area contributed by atoms with Gasteiger partial charge in [0.15, 0.2) is 0 Å². The van der Waals surface area contributed by atoms with Crippen molar-refractivity contribution in [2.24, 2.45) is 11.7 Å².